The topological polar surface area (TPSA) is 46.4 Å². The molecular weight excluding hydrogens is 305 g/mol. The molecule has 22 heavy (non-hydrogen) atoms. The van der Waals surface area contributed by atoms with Gasteiger partial charge in [-0.1, -0.05) is 17.7 Å². The van der Waals surface area contributed by atoms with Crippen LogP contribution in [0, 0.1) is 5.82 Å². The molecule has 0 aliphatic carbocycles. The zero-order chi connectivity index (χ0) is 15.5. The maximum Gasteiger partial charge on any atom is 0.248 e. The number of rotatable bonds is 3. The molecule has 1 aromatic carbocycles. The number of nitrogens with one attached hydrogen (secondary N) is 1. The highest BCUT2D eigenvalue weighted by molar-refractivity contribution is 6.31. The first-order valence-electron chi connectivity index (χ1n) is 6.51. The summed E-state index contributed by atoms with van der Waals surface area (Å²) in [5, 5.41) is 2.95. The minimum absolute atomic E-state index is 0.317. The lowest BCUT2D eigenvalue weighted by molar-refractivity contribution is -0.111. The number of imidazole rings is 1. The van der Waals surface area contributed by atoms with Crippen molar-refractivity contribution in [1.82, 2.24) is 9.38 Å². The molecule has 1 amide bonds. The van der Waals surface area contributed by atoms with E-state index in [1.54, 1.807) is 10.5 Å². The third-order valence-electron chi connectivity index (χ3n) is 3.03. The monoisotopic (exact) mass is 315 g/mol. The van der Waals surface area contributed by atoms with Crippen LogP contribution in [0.5, 0.6) is 0 Å². The van der Waals surface area contributed by atoms with E-state index in [1.807, 2.05) is 24.4 Å². The van der Waals surface area contributed by atoms with Crippen molar-refractivity contribution in [3.8, 4) is 0 Å². The highest BCUT2D eigenvalue weighted by Crippen LogP contribution is 2.19. The predicted octanol–water partition coefficient (Wildman–Crippen LogP) is 3.78. The summed E-state index contributed by atoms with van der Waals surface area (Å²) in [6.07, 6.45) is 4.75. The maximum atomic E-state index is 12.8. The van der Waals surface area contributed by atoms with Crippen LogP contribution in [0.15, 0.2) is 54.7 Å². The highest BCUT2D eigenvalue weighted by Gasteiger charge is 2.07. The van der Waals surface area contributed by atoms with Crippen molar-refractivity contribution in [2.24, 2.45) is 0 Å². The van der Waals surface area contributed by atoms with Gasteiger partial charge in [0.2, 0.25) is 5.91 Å². The summed E-state index contributed by atoms with van der Waals surface area (Å²) < 4.78 is 14.6. The number of pyridine rings is 1. The molecule has 2 aromatic heterocycles. The number of halogens is 2. The lowest BCUT2D eigenvalue weighted by atomic mass is 10.3. The summed E-state index contributed by atoms with van der Waals surface area (Å²) in [6.45, 7) is 0. The van der Waals surface area contributed by atoms with Crippen LogP contribution < -0.4 is 5.32 Å². The summed E-state index contributed by atoms with van der Waals surface area (Å²) >= 11 is 6.07. The molecule has 3 aromatic rings. The molecule has 110 valence electrons. The van der Waals surface area contributed by atoms with Gasteiger partial charge in [-0.05, 0) is 42.5 Å². The van der Waals surface area contributed by atoms with E-state index in [1.165, 1.54) is 30.3 Å². The van der Waals surface area contributed by atoms with Crippen LogP contribution in [-0.4, -0.2) is 15.3 Å². The number of anilines is 1. The van der Waals surface area contributed by atoms with E-state index < -0.39 is 0 Å². The Labute approximate surface area is 130 Å². The smallest absolute Gasteiger partial charge is 0.248 e. The largest absolute Gasteiger partial charge is 0.323 e. The Balaban J connectivity index is 1.79. The zero-order valence-corrected chi connectivity index (χ0v) is 12.1. The van der Waals surface area contributed by atoms with Crippen molar-refractivity contribution in [2.45, 2.75) is 0 Å². The molecule has 0 fully saturated rings. The standard InChI is InChI=1S/C16H11ClFN3O/c17-16-13(21-10-2-1-3-14(21)20-16)8-9-15(22)19-12-6-4-11(18)5-7-12/h1-10H,(H,19,22). The molecule has 0 saturated heterocycles. The number of fused-ring (bicyclic) bond motifs is 1. The molecule has 0 aliphatic rings. The molecule has 1 N–H and O–H groups in total. The first kappa shape index (κ1) is 14.3. The van der Waals surface area contributed by atoms with Gasteiger partial charge in [0.1, 0.15) is 11.5 Å². The van der Waals surface area contributed by atoms with Gasteiger partial charge in [-0.15, -0.1) is 0 Å². The maximum absolute atomic E-state index is 12.8. The van der Waals surface area contributed by atoms with Crippen LogP contribution in [0.2, 0.25) is 5.15 Å². The van der Waals surface area contributed by atoms with Crippen molar-refractivity contribution >= 4 is 34.9 Å². The van der Waals surface area contributed by atoms with Gasteiger partial charge >= 0.3 is 0 Å². The SMILES string of the molecule is O=C(C=Cc1c(Cl)nc2ccccn12)Nc1ccc(F)cc1. The number of benzene rings is 1. The average molecular weight is 316 g/mol. The van der Waals surface area contributed by atoms with Gasteiger partial charge in [0.05, 0.1) is 5.69 Å². The number of nitrogens with zero attached hydrogens (tertiary/aromatic N) is 2. The van der Waals surface area contributed by atoms with Gasteiger partial charge in [0.15, 0.2) is 5.15 Å². The summed E-state index contributed by atoms with van der Waals surface area (Å²) in [4.78, 5) is 16.1. The van der Waals surface area contributed by atoms with Gasteiger partial charge in [0, 0.05) is 18.0 Å². The molecule has 0 spiro atoms. The fourth-order valence-electron chi connectivity index (χ4n) is 2.01. The van der Waals surface area contributed by atoms with Gasteiger partial charge in [-0.3, -0.25) is 9.20 Å². The number of hydrogen-bond acceptors (Lipinski definition) is 2. The second-order valence-electron chi connectivity index (χ2n) is 4.55. The number of carbonyl (C=O) groups excluding carboxylic acids is 1. The van der Waals surface area contributed by atoms with Crippen LogP contribution in [0.3, 0.4) is 0 Å². The van der Waals surface area contributed by atoms with E-state index in [0.717, 1.165) is 0 Å². The molecule has 0 aliphatic heterocycles. The van der Waals surface area contributed by atoms with Crippen LogP contribution in [0.1, 0.15) is 5.69 Å². The molecule has 6 heteroatoms. The molecule has 0 bridgehead atoms. The molecule has 0 radical (unpaired) electrons. The van der Waals surface area contributed by atoms with Gasteiger partial charge in [0.25, 0.3) is 0 Å². The molecule has 0 saturated carbocycles. The second kappa shape index (κ2) is 5.99. The third-order valence-corrected chi connectivity index (χ3v) is 3.30. The van der Waals surface area contributed by atoms with Crippen molar-refractivity contribution in [3.05, 3.63) is 71.4 Å². The number of carbonyl (C=O) groups is 1. The van der Waals surface area contributed by atoms with Crippen molar-refractivity contribution < 1.29 is 9.18 Å². The van der Waals surface area contributed by atoms with Crippen molar-refractivity contribution in [2.75, 3.05) is 5.32 Å². The summed E-state index contributed by atoms with van der Waals surface area (Å²) in [6, 6.07) is 11.1. The Morgan fingerprint density at radius 1 is 1.23 bits per heavy atom. The van der Waals surface area contributed by atoms with Gasteiger partial charge in [-0.25, -0.2) is 9.37 Å². The number of hydrogen-bond donors (Lipinski definition) is 1. The van der Waals surface area contributed by atoms with Crippen LogP contribution in [0.4, 0.5) is 10.1 Å². The fourth-order valence-corrected chi connectivity index (χ4v) is 2.25. The Bertz CT molecular complexity index is 855. The second-order valence-corrected chi connectivity index (χ2v) is 4.90. The summed E-state index contributed by atoms with van der Waals surface area (Å²) in [7, 11) is 0. The lowest BCUT2D eigenvalue weighted by Gasteiger charge is -2.01. The quantitative estimate of drug-likeness (QED) is 0.748. The highest BCUT2D eigenvalue weighted by atomic mass is 35.5. The van der Waals surface area contributed by atoms with Gasteiger partial charge in [-0.2, -0.15) is 0 Å². The first-order chi connectivity index (χ1) is 10.6. The Morgan fingerprint density at radius 3 is 2.77 bits per heavy atom. The Hall–Kier alpha value is -2.66. The molecule has 2 heterocycles. The van der Waals surface area contributed by atoms with Crippen LogP contribution in [0.25, 0.3) is 11.7 Å². The first-order valence-corrected chi connectivity index (χ1v) is 6.88. The Kier molecular flexibility index (Phi) is 3.89. The normalized spacial score (nSPS) is 11.2. The van der Waals surface area contributed by atoms with E-state index >= 15 is 0 Å². The summed E-state index contributed by atoms with van der Waals surface area (Å²) in [5.41, 5.74) is 1.83. The van der Waals surface area contributed by atoms with Crippen molar-refractivity contribution in [3.63, 3.8) is 0 Å². The van der Waals surface area contributed by atoms with Gasteiger partial charge < -0.3 is 5.32 Å². The molecule has 3 rings (SSSR count). The van der Waals surface area contributed by atoms with E-state index in [4.69, 9.17) is 11.6 Å². The Morgan fingerprint density at radius 2 is 2.00 bits per heavy atom. The van der Waals surface area contributed by atoms with E-state index in [0.29, 0.717) is 22.2 Å². The van der Waals surface area contributed by atoms with Crippen molar-refractivity contribution in [1.29, 1.82) is 0 Å². The molecule has 0 atom stereocenters. The van der Waals surface area contributed by atoms with Crippen LogP contribution in [-0.2, 0) is 4.79 Å². The number of aromatic nitrogens is 2. The minimum atomic E-state index is -0.356. The van der Waals surface area contributed by atoms with E-state index in [9.17, 15) is 9.18 Å². The van der Waals surface area contributed by atoms with E-state index in [-0.39, 0.29) is 11.7 Å². The van der Waals surface area contributed by atoms with E-state index in [2.05, 4.69) is 10.3 Å². The molecular formula is C16H11ClFN3O. The fraction of sp³-hybridized carbons (Fsp3) is 0. The molecule has 4 nitrogen and oxygen atoms in total. The number of amides is 1. The third kappa shape index (κ3) is 2.99. The summed E-state index contributed by atoms with van der Waals surface area (Å²) in [5.74, 6) is -0.695. The minimum Gasteiger partial charge on any atom is -0.323 e. The zero-order valence-electron chi connectivity index (χ0n) is 11.3. The lowest BCUT2D eigenvalue weighted by Crippen LogP contribution is -2.07. The molecule has 0 unspecified atom stereocenters. The average Bonchev–Trinajstić information content (AvgIpc) is 2.83. The predicted molar refractivity (Wildman–Crippen MR) is 84.3 cm³/mol. The van der Waals surface area contributed by atoms with Crippen LogP contribution >= 0.6 is 11.6 Å².